The van der Waals surface area contributed by atoms with Crippen LogP contribution in [0.4, 0.5) is 0 Å². The molecule has 1 saturated heterocycles. The average molecular weight is 292 g/mol. The first-order chi connectivity index (χ1) is 10.8. The van der Waals surface area contributed by atoms with Gasteiger partial charge in [-0.2, -0.15) is 0 Å². The maximum atomic E-state index is 12.4. The van der Waals surface area contributed by atoms with E-state index >= 15 is 0 Å². The first-order valence-electron chi connectivity index (χ1n) is 7.93. The van der Waals surface area contributed by atoms with Gasteiger partial charge in [0.2, 0.25) is 5.91 Å². The minimum Gasteiger partial charge on any atom is -0.352 e. The minimum atomic E-state index is 0.0763. The van der Waals surface area contributed by atoms with Crippen LogP contribution in [0.25, 0.3) is 0 Å². The van der Waals surface area contributed by atoms with Crippen molar-refractivity contribution < 1.29 is 4.79 Å². The summed E-state index contributed by atoms with van der Waals surface area (Å²) in [6.07, 6.45) is 0. The molecule has 0 saturated carbocycles. The zero-order valence-electron chi connectivity index (χ0n) is 12.5. The second-order valence-electron chi connectivity index (χ2n) is 6.31. The fourth-order valence-electron chi connectivity index (χ4n) is 3.81. The molecule has 2 aromatic rings. The molecule has 0 aliphatic carbocycles. The Hall–Kier alpha value is -2.13. The summed E-state index contributed by atoms with van der Waals surface area (Å²) in [5.41, 5.74) is 3.93. The molecule has 2 aliphatic rings. The van der Waals surface area contributed by atoms with E-state index in [4.69, 9.17) is 0 Å². The third-order valence-corrected chi connectivity index (χ3v) is 4.89. The molecular formula is C19H20N2O. The molecule has 0 spiro atoms. The highest BCUT2D eigenvalue weighted by atomic mass is 16.2. The molecule has 3 heteroatoms. The number of likely N-dealkylation sites (tertiary alicyclic amines) is 1. The van der Waals surface area contributed by atoms with Crippen LogP contribution in [0.1, 0.15) is 22.6 Å². The number of carbonyl (C=O) groups is 1. The van der Waals surface area contributed by atoms with Crippen molar-refractivity contribution in [1.29, 1.82) is 0 Å². The molecule has 2 aliphatic heterocycles. The Morgan fingerprint density at radius 2 is 1.68 bits per heavy atom. The molecule has 2 aromatic carbocycles. The van der Waals surface area contributed by atoms with Gasteiger partial charge in [0.15, 0.2) is 0 Å². The van der Waals surface area contributed by atoms with Gasteiger partial charge >= 0.3 is 0 Å². The van der Waals surface area contributed by atoms with Crippen molar-refractivity contribution in [2.75, 3.05) is 13.1 Å². The Balaban J connectivity index is 1.60. The van der Waals surface area contributed by atoms with Crippen LogP contribution in [0.2, 0.25) is 0 Å². The predicted molar refractivity (Wildman–Crippen MR) is 86.2 cm³/mol. The number of amides is 1. The molecule has 2 atom stereocenters. The van der Waals surface area contributed by atoms with Gasteiger partial charge in [0.1, 0.15) is 0 Å². The quantitative estimate of drug-likeness (QED) is 0.922. The molecular weight excluding hydrogens is 272 g/mol. The zero-order valence-corrected chi connectivity index (χ0v) is 12.5. The molecule has 0 unspecified atom stereocenters. The Bertz CT molecular complexity index is 683. The first-order valence-corrected chi connectivity index (χ1v) is 7.93. The number of hydrogen-bond donors (Lipinski definition) is 1. The molecule has 1 fully saturated rings. The summed E-state index contributed by atoms with van der Waals surface area (Å²) < 4.78 is 0. The monoisotopic (exact) mass is 292 g/mol. The van der Waals surface area contributed by atoms with E-state index in [0.717, 1.165) is 19.6 Å². The van der Waals surface area contributed by atoms with Crippen LogP contribution >= 0.6 is 0 Å². The molecule has 0 radical (unpaired) electrons. The van der Waals surface area contributed by atoms with Gasteiger partial charge in [0, 0.05) is 32.1 Å². The summed E-state index contributed by atoms with van der Waals surface area (Å²) in [6.45, 7) is 3.40. The molecule has 0 aromatic heterocycles. The number of carbonyl (C=O) groups excluding carboxylic acids is 1. The number of nitrogens with zero attached hydrogens (tertiary/aromatic N) is 1. The summed E-state index contributed by atoms with van der Waals surface area (Å²) in [7, 11) is 0. The molecule has 1 N–H and O–H groups in total. The third kappa shape index (κ3) is 2.42. The van der Waals surface area contributed by atoms with Crippen LogP contribution in [0.5, 0.6) is 0 Å². The van der Waals surface area contributed by atoms with E-state index in [1.165, 1.54) is 16.7 Å². The van der Waals surface area contributed by atoms with Gasteiger partial charge in [-0.05, 0) is 16.7 Å². The largest absolute Gasteiger partial charge is 0.352 e. The molecule has 1 amide bonds. The smallest absolute Gasteiger partial charge is 0.225 e. The van der Waals surface area contributed by atoms with Crippen LogP contribution in [0.3, 0.4) is 0 Å². The molecule has 3 nitrogen and oxygen atoms in total. The van der Waals surface area contributed by atoms with Crippen molar-refractivity contribution in [3.8, 4) is 0 Å². The fourth-order valence-corrected chi connectivity index (χ4v) is 3.81. The van der Waals surface area contributed by atoms with E-state index in [0.29, 0.717) is 12.5 Å². The van der Waals surface area contributed by atoms with Crippen molar-refractivity contribution in [3.05, 3.63) is 71.3 Å². The number of rotatable bonds is 2. The van der Waals surface area contributed by atoms with Crippen molar-refractivity contribution in [3.63, 3.8) is 0 Å². The topological polar surface area (TPSA) is 32.3 Å². The van der Waals surface area contributed by atoms with E-state index in [1.807, 2.05) is 6.07 Å². The predicted octanol–water partition coefficient (Wildman–Crippen LogP) is 2.53. The third-order valence-electron chi connectivity index (χ3n) is 4.89. The fraction of sp³-hybridized carbons (Fsp3) is 0.316. The molecule has 2 heterocycles. The van der Waals surface area contributed by atoms with Gasteiger partial charge < -0.3 is 5.32 Å². The van der Waals surface area contributed by atoms with Crippen LogP contribution in [-0.2, 0) is 17.9 Å². The van der Waals surface area contributed by atoms with Crippen LogP contribution < -0.4 is 5.32 Å². The van der Waals surface area contributed by atoms with Crippen molar-refractivity contribution in [2.24, 2.45) is 5.92 Å². The summed E-state index contributed by atoms with van der Waals surface area (Å²) in [5, 5.41) is 3.09. The maximum absolute atomic E-state index is 12.4. The van der Waals surface area contributed by atoms with Crippen molar-refractivity contribution in [1.82, 2.24) is 10.2 Å². The number of hydrogen-bond acceptors (Lipinski definition) is 2. The summed E-state index contributed by atoms with van der Waals surface area (Å²) >= 11 is 0. The van der Waals surface area contributed by atoms with Crippen molar-refractivity contribution >= 4 is 5.91 Å². The Labute approximate surface area is 131 Å². The number of nitrogens with one attached hydrogen (secondary N) is 1. The second-order valence-corrected chi connectivity index (χ2v) is 6.31. The SMILES string of the molecule is O=C1NCc2ccccc2[C@@H]2CN(Cc3ccccc3)C[C@@H]12. The van der Waals surface area contributed by atoms with Gasteiger partial charge in [-0.25, -0.2) is 0 Å². The van der Waals surface area contributed by atoms with E-state index in [1.54, 1.807) is 0 Å². The van der Waals surface area contributed by atoms with E-state index in [-0.39, 0.29) is 11.8 Å². The van der Waals surface area contributed by atoms with Crippen molar-refractivity contribution in [2.45, 2.75) is 19.0 Å². The zero-order chi connectivity index (χ0) is 14.9. The lowest BCUT2D eigenvalue weighted by Crippen LogP contribution is -2.32. The summed E-state index contributed by atoms with van der Waals surface area (Å²) in [5.74, 6) is 0.603. The summed E-state index contributed by atoms with van der Waals surface area (Å²) in [6, 6.07) is 19.0. The highest BCUT2D eigenvalue weighted by molar-refractivity contribution is 5.81. The molecule has 112 valence electrons. The first kappa shape index (κ1) is 13.5. The standard InChI is InChI=1S/C19H20N2O/c22-19-18-13-21(11-14-6-2-1-3-7-14)12-17(18)16-9-5-4-8-15(16)10-20-19/h1-9,17-18H,10-13H2,(H,20,22)/t17-,18+/m0/s1. The van der Waals surface area contributed by atoms with Crippen LogP contribution in [-0.4, -0.2) is 23.9 Å². The van der Waals surface area contributed by atoms with E-state index < -0.39 is 0 Å². The lowest BCUT2D eigenvalue weighted by molar-refractivity contribution is -0.124. The summed E-state index contributed by atoms with van der Waals surface area (Å²) in [4.78, 5) is 14.8. The maximum Gasteiger partial charge on any atom is 0.225 e. The van der Waals surface area contributed by atoms with Crippen LogP contribution in [0.15, 0.2) is 54.6 Å². The Kier molecular flexibility index (Phi) is 3.43. The number of fused-ring (bicyclic) bond motifs is 3. The van der Waals surface area contributed by atoms with E-state index in [9.17, 15) is 4.79 Å². The molecule has 4 rings (SSSR count). The van der Waals surface area contributed by atoms with Crippen LogP contribution in [0, 0.1) is 5.92 Å². The van der Waals surface area contributed by atoms with Gasteiger partial charge in [0.05, 0.1) is 5.92 Å². The van der Waals surface area contributed by atoms with Gasteiger partial charge in [0.25, 0.3) is 0 Å². The van der Waals surface area contributed by atoms with Gasteiger partial charge in [-0.15, -0.1) is 0 Å². The lowest BCUT2D eigenvalue weighted by atomic mass is 9.87. The Morgan fingerprint density at radius 1 is 0.955 bits per heavy atom. The molecule has 0 bridgehead atoms. The highest BCUT2D eigenvalue weighted by Gasteiger charge is 2.40. The highest BCUT2D eigenvalue weighted by Crippen LogP contribution is 2.37. The molecule has 22 heavy (non-hydrogen) atoms. The normalized spacial score (nSPS) is 24.3. The van der Waals surface area contributed by atoms with Gasteiger partial charge in [-0.3, -0.25) is 9.69 Å². The number of benzene rings is 2. The second kappa shape index (κ2) is 5.58. The van der Waals surface area contributed by atoms with E-state index in [2.05, 4.69) is 58.7 Å². The minimum absolute atomic E-state index is 0.0763. The average Bonchev–Trinajstić information content (AvgIpc) is 2.92. The lowest BCUT2D eigenvalue weighted by Gasteiger charge is -2.17. The van der Waals surface area contributed by atoms with Gasteiger partial charge in [-0.1, -0.05) is 54.6 Å². The Morgan fingerprint density at radius 3 is 2.55 bits per heavy atom.